The standard InChI is InChI=1S/C12H17N3O/c1-9(16)15-7-3-2-4-11(15)10-5-6-12(13)14-8-10/h5-6,8,11H,2-4,7H2,1H3,(H2,13,14)/t11-/m0/s1. The number of nitrogens with zero attached hydrogens (tertiary/aromatic N) is 2. The van der Waals surface area contributed by atoms with Crippen LogP contribution in [0.5, 0.6) is 0 Å². The van der Waals surface area contributed by atoms with Crippen LogP contribution >= 0.6 is 0 Å². The van der Waals surface area contributed by atoms with Gasteiger partial charge in [-0.2, -0.15) is 0 Å². The Bertz CT molecular complexity index is 374. The molecule has 1 amide bonds. The number of hydrogen-bond acceptors (Lipinski definition) is 3. The van der Waals surface area contributed by atoms with Crippen LogP contribution in [0.15, 0.2) is 18.3 Å². The molecule has 0 aromatic carbocycles. The van der Waals surface area contributed by atoms with E-state index in [9.17, 15) is 4.79 Å². The minimum atomic E-state index is 0.140. The highest BCUT2D eigenvalue weighted by molar-refractivity contribution is 5.74. The molecule has 2 N–H and O–H groups in total. The molecule has 16 heavy (non-hydrogen) atoms. The summed E-state index contributed by atoms with van der Waals surface area (Å²) in [6.07, 6.45) is 5.06. The van der Waals surface area contributed by atoms with Gasteiger partial charge in [0.15, 0.2) is 0 Å². The van der Waals surface area contributed by atoms with E-state index in [0.29, 0.717) is 5.82 Å². The Hall–Kier alpha value is -1.58. The van der Waals surface area contributed by atoms with E-state index in [1.54, 1.807) is 19.2 Å². The lowest BCUT2D eigenvalue weighted by Crippen LogP contribution is -2.36. The molecule has 1 aromatic rings. The number of likely N-dealkylation sites (tertiary alicyclic amines) is 1. The molecule has 0 saturated carbocycles. The average Bonchev–Trinajstić information content (AvgIpc) is 2.30. The summed E-state index contributed by atoms with van der Waals surface area (Å²) in [5.74, 6) is 0.662. The molecule has 1 aliphatic heterocycles. The number of hydrogen-bond donors (Lipinski definition) is 1. The molecule has 2 rings (SSSR count). The molecule has 1 fully saturated rings. The number of nitrogen functional groups attached to an aromatic ring is 1. The molecule has 1 atom stereocenters. The summed E-state index contributed by atoms with van der Waals surface area (Å²) in [5.41, 5.74) is 6.65. The zero-order valence-corrected chi connectivity index (χ0v) is 9.52. The van der Waals surface area contributed by atoms with Crippen LogP contribution in [0.2, 0.25) is 0 Å². The lowest BCUT2D eigenvalue weighted by atomic mass is 9.96. The van der Waals surface area contributed by atoms with Crippen LogP contribution in [0.3, 0.4) is 0 Å². The van der Waals surface area contributed by atoms with Crippen LogP contribution in [0, 0.1) is 0 Å². The first kappa shape index (κ1) is 10.9. The van der Waals surface area contributed by atoms with Crippen molar-refractivity contribution in [2.45, 2.75) is 32.2 Å². The van der Waals surface area contributed by atoms with E-state index in [2.05, 4.69) is 4.98 Å². The molecule has 0 unspecified atom stereocenters. The minimum Gasteiger partial charge on any atom is -0.384 e. The second-order valence-corrected chi connectivity index (χ2v) is 4.24. The van der Waals surface area contributed by atoms with Crippen LogP contribution in [0.25, 0.3) is 0 Å². The van der Waals surface area contributed by atoms with E-state index in [1.165, 1.54) is 6.42 Å². The van der Waals surface area contributed by atoms with Gasteiger partial charge in [-0.3, -0.25) is 4.79 Å². The summed E-state index contributed by atoms with van der Waals surface area (Å²) >= 11 is 0. The van der Waals surface area contributed by atoms with Crippen molar-refractivity contribution in [3.8, 4) is 0 Å². The third-order valence-corrected chi connectivity index (χ3v) is 3.10. The predicted molar refractivity (Wildman–Crippen MR) is 62.6 cm³/mol. The van der Waals surface area contributed by atoms with E-state index in [-0.39, 0.29) is 11.9 Å². The lowest BCUT2D eigenvalue weighted by molar-refractivity contribution is -0.132. The Morgan fingerprint density at radius 1 is 1.50 bits per heavy atom. The lowest BCUT2D eigenvalue weighted by Gasteiger charge is -2.35. The van der Waals surface area contributed by atoms with Crippen molar-refractivity contribution in [1.82, 2.24) is 9.88 Å². The van der Waals surface area contributed by atoms with Crippen molar-refractivity contribution in [3.63, 3.8) is 0 Å². The maximum absolute atomic E-state index is 11.5. The number of pyridine rings is 1. The topological polar surface area (TPSA) is 59.2 Å². The molecule has 1 saturated heterocycles. The SMILES string of the molecule is CC(=O)N1CCCC[C@H]1c1ccc(N)nc1. The van der Waals surface area contributed by atoms with Crippen LogP contribution in [-0.4, -0.2) is 22.3 Å². The average molecular weight is 219 g/mol. The fourth-order valence-electron chi connectivity index (χ4n) is 2.27. The Kier molecular flexibility index (Phi) is 3.08. The van der Waals surface area contributed by atoms with Gasteiger partial charge in [-0.25, -0.2) is 4.98 Å². The molecule has 86 valence electrons. The van der Waals surface area contributed by atoms with Gasteiger partial charge in [-0.1, -0.05) is 6.07 Å². The summed E-state index contributed by atoms with van der Waals surface area (Å²) in [4.78, 5) is 17.5. The van der Waals surface area contributed by atoms with Gasteiger partial charge < -0.3 is 10.6 Å². The van der Waals surface area contributed by atoms with Crippen molar-refractivity contribution in [3.05, 3.63) is 23.9 Å². The molecule has 4 heteroatoms. The molecule has 0 radical (unpaired) electrons. The normalized spacial score (nSPS) is 20.8. The number of carbonyl (C=O) groups is 1. The van der Waals surface area contributed by atoms with E-state index >= 15 is 0 Å². The monoisotopic (exact) mass is 219 g/mol. The maximum atomic E-state index is 11.5. The largest absolute Gasteiger partial charge is 0.384 e. The summed E-state index contributed by atoms with van der Waals surface area (Å²) in [7, 11) is 0. The zero-order chi connectivity index (χ0) is 11.5. The Labute approximate surface area is 95.5 Å². The molecule has 1 aliphatic rings. The number of piperidine rings is 1. The van der Waals surface area contributed by atoms with Crippen molar-refractivity contribution >= 4 is 11.7 Å². The van der Waals surface area contributed by atoms with Gasteiger partial charge in [0, 0.05) is 19.7 Å². The molecule has 2 heterocycles. The predicted octanol–water partition coefficient (Wildman–Crippen LogP) is 1.74. The molecule has 0 spiro atoms. The van der Waals surface area contributed by atoms with Crippen molar-refractivity contribution in [2.24, 2.45) is 0 Å². The highest BCUT2D eigenvalue weighted by atomic mass is 16.2. The van der Waals surface area contributed by atoms with Crippen molar-refractivity contribution in [2.75, 3.05) is 12.3 Å². The van der Waals surface area contributed by atoms with Gasteiger partial charge in [0.25, 0.3) is 0 Å². The van der Waals surface area contributed by atoms with Gasteiger partial charge in [0.1, 0.15) is 5.82 Å². The quantitative estimate of drug-likeness (QED) is 0.782. The maximum Gasteiger partial charge on any atom is 0.219 e. The van der Waals surface area contributed by atoms with Gasteiger partial charge in [0.2, 0.25) is 5.91 Å². The Morgan fingerprint density at radius 3 is 2.94 bits per heavy atom. The summed E-state index contributed by atoms with van der Waals surface area (Å²) in [6.45, 7) is 2.48. The van der Waals surface area contributed by atoms with Gasteiger partial charge in [-0.05, 0) is 30.9 Å². The number of rotatable bonds is 1. The summed E-state index contributed by atoms with van der Waals surface area (Å²) < 4.78 is 0. The van der Waals surface area contributed by atoms with Crippen LogP contribution in [-0.2, 0) is 4.79 Å². The van der Waals surface area contributed by atoms with E-state index in [1.807, 2.05) is 11.0 Å². The minimum absolute atomic E-state index is 0.140. The van der Waals surface area contributed by atoms with E-state index in [0.717, 1.165) is 24.9 Å². The van der Waals surface area contributed by atoms with E-state index in [4.69, 9.17) is 5.73 Å². The van der Waals surface area contributed by atoms with Crippen molar-refractivity contribution in [1.29, 1.82) is 0 Å². The molecule has 1 aromatic heterocycles. The van der Waals surface area contributed by atoms with Gasteiger partial charge >= 0.3 is 0 Å². The molecule has 4 nitrogen and oxygen atoms in total. The van der Waals surface area contributed by atoms with E-state index < -0.39 is 0 Å². The second kappa shape index (κ2) is 4.51. The molecule has 0 aliphatic carbocycles. The Morgan fingerprint density at radius 2 is 2.31 bits per heavy atom. The second-order valence-electron chi connectivity index (χ2n) is 4.24. The highest BCUT2D eigenvalue weighted by Crippen LogP contribution is 2.30. The molecular formula is C12H17N3O. The van der Waals surface area contributed by atoms with Gasteiger partial charge in [0.05, 0.1) is 6.04 Å². The van der Waals surface area contributed by atoms with Crippen LogP contribution < -0.4 is 5.73 Å². The number of anilines is 1. The van der Waals surface area contributed by atoms with Crippen LogP contribution in [0.4, 0.5) is 5.82 Å². The molecular weight excluding hydrogens is 202 g/mol. The number of aromatic nitrogens is 1. The number of nitrogens with two attached hydrogens (primary N) is 1. The molecule has 0 bridgehead atoms. The third-order valence-electron chi connectivity index (χ3n) is 3.10. The fraction of sp³-hybridized carbons (Fsp3) is 0.500. The highest BCUT2D eigenvalue weighted by Gasteiger charge is 2.25. The fourth-order valence-corrected chi connectivity index (χ4v) is 2.27. The smallest absolute Gasteiger partial charge is 0.219 e. The first-order valence-corrected chi connectivity index (χ1v) is 5.67. The van der Waals surface area contributed by atoms with Gasteiger partial charge in [-0.15, -0.1) is 0 Å². The first-order valence-electron chi connectivity index (χ1n) is 5.67. The number of amides is 1. The van der Waals surface area contributed by atoms with Crippen LogP contribution in [0.1, 0.15) is 37.8 Å². The summed E-state index contributed by atoms with van der Waals surface area (Å²) in [6, 6.07) is 3.94. The zero-order valence-electron chi connectivity index (χ0n) is 9.52. The summed E-state index contributed by atoms with van der Waals surface area (Å²) in [5, 5.41) is 0. The Balaban J connectivity index is 2.23. The number of carbonyl (C=O) groups excluding carboxylic acids is 1. The first-order chi connectivity index (χ1) is 7.68. The van der Waals surface area contributed by atoms with Crippen molar-refractivity contribution < 1.29 is 4.79 Å². The third kappa shape index (κ3) is 2.15.